The van der Waals surface area contributed by atoms with Crippen molar-refractivity contribution in [2.75, 3.05) is 25.3 Å². The Labute approximate surface area is 207 Å². The number of nitrogens with one attached hydrogen (secondary N) is 1. The van der Waals surface area contributed by atoms with Crippen LogP contribution >= 0.6 is 11.8 Å². The van der Waals surface area contributed by atoms with E-state index >= 15 is 0 Å². The van der Waals surface area contributed by atoms with Gasteiger partial charge in [0.05, 0.1) is 25.5 Å². The molecule has 35 heavy (non-hydrogen) atoms. The lowest BCUT2D eigenvalue weighted by atomic mass is 10.0. The first kappa shape index (κ1) is 22.7. The van der Waals surface area contributed by atoms with E-state index in [-0.39, 0.29) is 11.7 Å². The van der Waals surface area contributed by atoms with E-state index in [4.69, 9.17) is 24.2 Å². The number of rotatable bonds is 7. The number of aromatic nitrogens is 2. The summed E-state index contributed by atoms with van der Waals surface area (Å²) >= 11 is 1.36. The van der Waals surface area contributed by atoms with Crippen molar-refractivity contribution in [2.45, 2.75) is 11.4 Å². The zero-order valence-corrected chi connectivity index (χ0v) is 20.1. The lowest BCUT2D eigenvalue weighted by Gasteiger charge is -2.21. The highest BCUT2D eigenvalue weighted by Gasteiger charge is 2.24. The van der Waals surface area contributed by atoms with Gasteiger partial charge in [0.2, 0.25) is 11.8 Å². The van der Waals surface area contributed by atoms with Crippen LogP contribution in [-0.2, 0) is 11.2 Å². The summed E-state index contributed by atoms with van der Waals surface area (Å²) in [6, 6.07) is 22.7. The first-order valence-corrected chi connectivity index (χ1v) is 12.0. The molecule has 1 aromatic heterocycles. The predicted octanol–water partition coefficient (Wildman–Crippen LogP) is 5.59. The molecular weight excluding hydrogens is 462 g/mol. The Hall–Kier alpha value is -4.04. The Morgan fingerprint density at radius 2 is 1.77 bits per heavy atom. The van der Waals surface area contributed by atoms with E-state index in [9.17, 15) is 4.79 Å². The number of thioether (sulfide) groups is 1. The highest BCUT2D eigenvalue weighted by atomic mass is 32.2. The van der Waals surface area contributed by atoms with Crippen LogP contribution in [0, 0.1) is 0 Å². The summed E-state index contributed by atoms with van der Waals surface area (Å²) in [5.74, 6) is 3.30. The molecule has 0 spiro atoms. The lowest BCUT2D eigenvalue weighted by Crippen LogP contribution is -2.15. The van der Waals surface area contributed by atoms with Gasteiger partial charge >= 0.3 is 0 Å². The molecule has 1 N–H and O–H groups in total. The minimum absolute atomic E-state index is 0.140. The van der Waals surface area contributed by atoms with Gasteiger partial charge in [0.25, 0.3) is 0 Å². The van der Waals surface area contributed by atoms with E-state index in [1.807, 2.05) is 66.7 Å². The van der Waals surface area contributed by atoms with Crippen molar-refractivity contribution in [1.82, 2.24) is 9.97 Å². The molecule has 0 unspecified atom stereocenters. The summed E-state index contributed by atoms with van der Waals surface area (Å²) in [5.41, 5.74) is 3.44. The van der Waals surface area contributed by atoms with Gasteiger partial charge in [-0.2, -0.15) is 4.98 Å². The van der Waals surface area contributed by atoms with Gasteiger partial charge in [-0.1, -0.05) is 36.0 Å². The van der Waals surface area contributed by atoms with E-state index in [0.717, 1.165) is 33.2 Å². The van der Waals surface area contributed by atoms with E-state index < -0.39 is 0 Å². The second-order valence-electron chi connectivity index (χ2n) is 7.82. The minimum atomic E-state index is -0.140. The van der Waals surface area contributed by atoms with Crippen molar-refractivity contribution in [3.8, 4) is 34.5 Å². The molecule has 2 heterocycles. The fourth-order valence-corrected chi connectivity index (χ4v) is 4.57. The van der Waals surface area contributed by atoms with Crippen molar-refractivity contribution >= 4 is 23.4 Å². The van der Waals surface area contributed by atoms with Crippen LogP contribution in [0.4, 0.5) is 5.69 Å². The second-order valence-corrected chi connectivity index (χ2v) is 8.78. The van der Waals surface area contributed by atoms with Gasteiger partial charge in [0, 0.05) is 23.7 Å². The number of anilines is 1. The van der Waals surface area contributed by atoms with Gasteiger partial charge in [0.1, 0.15) is 22.3 Å². The van der Waals surface area contributed by atoms with Gasteiger partial charge < -0.3 is 19.5 Å². The van der Waals surface area contributed by atoms with Crippen LogP contribution in [0.5, 0.6) is 23.1 Å². The SMILES string of the molecule is COc1ccc(-c2nc3c(c(SCC(=O)Nc4cccc(OC)c4)n2)Cc2ccccc2O3)cc1. The first-order chi connectivity index (χ1) is 17.1. The Morgan fingerprint density at radius 3 is 2.57 bits per heavy atom. The van der Waals surface area contributed by atoms with Crippen molar-refractivity contribution in [3.05, 3.63) is 83.9 Å². The van der Waals surface area contributed by atoms with Crippen LogP contribution in [0.3, 0.4) is 0 Å². The van der Waals surface area contributed by atoms with E-state index in [2.05, 4.69) is 5.32 Å². The number of nitrogens with zero attached hydrogens (tertiary/aromatic N) is 2. The summed E-state index contributed by atoms with van der Waals surface area (Å²) in [5, 5.41) is 3.63. The maximum Gasteiger partial charge on any atom is 0.234 e. The second kappa shape index (κ2) is 10.1. The first-order valence-electron chi connectivity index (χ1n) is 11.0. The molecule has 0 fully saturated rings. The number of carbonyl (C=O) groups excluding carboxylic acids is 1. The average Bonchev–Trinajstić information content (AvgIpc) is 2.90. The monoisotopic (exact) mass is 485 g/mol. The van der Waals surface area contributed by atoms with Crippen LogP contribution in [0.1, 0.15) is 11.1 Å². The van der Waals surface area contributed by atoms with Crippen LogP contribution < -0.4 is 19.5 Å². The van der Waals surface area contributed by atoms with Crippen LogP contribution in [-0.4, -0.2) is 35.8 Å². The standard InChI is InChI=1S/C27H23N3O4S/c1-32-20-12-10-17(11-13-20)25-29-26-22(14-18-6-3-4-9-23(18)34-26)27(30-25)35-16-24(31)28-19-7-5-8-21(15-19)33-2/h3-13,15H,14,16H2,1-2H3,(H,28,31). The van der Waals surface area contributed by atoms with Crippen molar-refractivity contribution < 1.29 is 19.0 Å². The predicted molar refractivity (Wildman–Crippen MR) is 136 cm³/mol. The van der Waals surface area contributed by atoms with Crippen molar-refractivity contribution in [1.29, 1.82) is 0 Å². The largest absolute Gasteiger partial charge is 0.497 e. The number of ether oxygens (including phenoxy) is 3. The van der Waals surface area contributed by atoms with Crippen LogP contribution in [0.25, 0.3) is 11.4 Å². The Morgan fingerprint density at radius 1 is 0.971 bits per heavy atom. The lowest BCUT2D eigenvalue weighted by molar-refractivity contribution is -0.113. The normalized spacial score (nSPS) is 11.6. The molecule has 0 saturated heterocycles. The zero-order valence-electron chi connectivity index (χ0n) is 19.3. The number of benzene rings is 3. The molecule has 5 rings (SSSR count). The third-order valence-electron chi connectivity index (χ3n) is 5.52. The highest BCUT2D eigenvalue weighted by Crippen LogP contribution is 2.40. The molecule has 176 valence electrons. The fourth-order valence-electron chi connectivity index (χ4n) is 3.74. The average molecular weight is 486 g/mol. The Balaban J connectivity index is 1.42. The van der Waals surface area contributed by atoms with Crippen molar-refractivity contribution in [2.24, 2.45) is 0 Å². The fraction of sp³-hybridized carbons (Fsp3) is 0.148. The van der Waals surface area contributed by atoms with Gasteiger partial charge in [-0.05, 0) is 48.0 Å². The van der Waals surface area contributed by atoms with E-state index in [1.165, 1.54) is 11.8 Å². The molecule has 7 nitrogen and oxygen atoms in total. The molecular formula is C27H23N3O4S. The topological polar surface area (TPSA) is 82.6 Å². The number of carbonyl (C=O) groups is 1. The maximum atomic E-state index is 12.7. The number of hydrogen-bond donors (Lipinski definition) is 1. The molecule has 8 heteroatoms. The Bertz CT molecular complexity index is 1380. The van der Waals surface area contributed by atoms with E-state index in [0.29, 0.717) is 29.6 Å². The van der Waals surface area contributed by atoms with E-state index in [1.54, 1.807) is 20.3 Å². The molecule has 0 atom stereocenters. The van der Waals surface area contributed by atoms with Gasteiger partial charge in [0.15, 0.2) is 5.82 Å². The van der Waals surface area contributed by atoms with Crippen molar-refractivity contribution in [3.63, 3.8) is 0 Å². The minimum Gasteiger partial charge on any atom is -0.497 e. The summed E-state index contributed by atoms with van der Waals surface area (Å²) in [6.07, 6.45) is 0.633. The molecule has 0 aliphatic carbocycles. The summed E-state index contributed by atoms with van der Waals surface area (Å²) in [4.78, 5) is 22.2. The zero-order chi connectivity index (χ0) is 24.2. The van der Waals surface area contributed by atoms with Crippen LogP contribution in [0.2, 0.25) is 0 Å². The van der Waals surface area contributed by atoms with Gasteiger partial charge in [-0.3, -0.25) is 4.79 Å². The molecule has 3 aromatic carbocycles. The molecule has 4 aromatic rings. The number of hydrogen-bond acceptors (Lipinski definition) is 7. The molecule has 0 radical (unpaired) electrons. The molecule has 1 aliphatic rings. The highest BCUT2D eigenvalue weighted by molar-refractivity contribution is 8.00. The quantitative estimate of drug-likeness (QED) is 0.238. The maximum absolute atomic E-state index is 12.7. The molecule has 1 amide bonds. The number of methoxy groups -OCH3 is 2. The number of para-hydroxylation sites is 1. The Kier molecular flexibility index (Phi) is 6.54. The van der Waals surface area contributed by atoms with Gasteiger partial charge in [-0.15, -0.1) is 0 Å². The van der Waals surface area contributed by atoms with Gasteiger partial charge in [-0.25, -0.2) is 4.98 Å². The molecule has 1 aliphatic heterocycles. The number of fused-ring (bicyclic) bond motifs is 2. The van der Waals surface area contributed by atoms with Crippen LogP contribution in [0.15, 0.2) is 77.8 Å². The molecule has 0 bridgehead atoms. The smallest absolute Gasteiger partial charge is 0.234 e. The summed E-state index contributed by atoms with van der Waals surface area (Å²) in [6.45, 7) is 0. The number of amides is 1. The molecule has 0 saturated carbocycles. The summed E-state index contributed by atoms with van der Waals surface area (Å²) < 4.78 is 16.6. The third-order valence-corrected chi connectivity index (χ3v) is 6.54. The third kappa shape index (κ3) is 5.07. The summed E-state index contributed by atoms with van der Waals surface area (Å²) in [7, 11) is 3.22.